The highest BCUT2D eigenvalue weighted by Crippen LogP contribution is 2.38. The summed E-state index contributed by atoms with van der Waals surface area (Å²) in [6, 6.07) is 5.53. The third-order valence-electron chi connectivity index (χ3n) is 4.67. The van der Waals surface area contributed by atoms with Crippen molar-refractivity contribution in [3.8, 4) is 11.5 Å². The zero-order valence-electron chi connectivity index (χ0n) is 14.8. The molecule has 2 aromatic heterocycles. The number of aryl methyl sites for hydroxylation is 2. The van der Waals surface area contributed by atoms with Crippen LogP contribution >= 0.6 is 0 Å². The Hall–Kier alpha value is -3.23. The van der Waals surface area contributed by atoms with Crippen LogP contribution in [-0.2, 0) is 13.6 Å². The predicted molar refractivity (Wildman–Crippen MR) is 96.8 cm³/mol. The van der Waals surface area contributed by atoms with Gasteiger partial charge >= 0.3 is 5.69 Å². The van der Waals surface area contributed by atoms with Gasteiger partial charge in [-0.15, -0.1) is 0 Å². The third kappa shape index (κ3) is 2.27. The summed E-state index contributed by atoms with van der Waals surface area (Å²) in [6.07, 6.45) is 0.821. The van der Waals surface area contributed by atoms with Crippen molar-refractivity contribution >= 4 is 22.8 Å². The number of rotatable bonds is 3. The van der Waals surface area contributed by atoms with Crippen molar-refractivity contribution in [3.63, 3.8) is 0 Å². The third-order valence-corrected chi connectivity index (χ3v) is 4.67. The number of aromatic nitrogens is 4. The summed E-state index contributed by atoms with van der Waals surface area (Å²) in [5, 5.41) is 0. The molecule has 0 radical (unpaired) electrons. The predicted octanol–water partition coefficient (Wildman–Crippen LogP) is 0.982. The number of fused-ring (bicyclic) bond motifs is 3. The van der Waals surface area contributed by atoms with Gasteiger partial charge in [0.25, 0.3) is 5.56 Å². The first-order chi connectivity index (χ1) is 12.5. The molecule has 4 rings (SSSR count). The van der Waals surface area contributed by atoms with Crippen molar-refractivity contribution in [2.24, 2.45) is 7.05 Å². The van der Waals surface area contributed by atoms with Gasteiger partial charge in [0.1, 0.15) is 11.5 Å². The molecule has 3 aromatic rings. The van der Waals surface area contributed by atoms with E-state index in [1.54, 1.807) is 21.3 Å². The molecular weight excluding hydrogens is 338 g/mol. The Morgan fingerprint density at radius 1 is 1.15 bits per heavy atom. The second-order valence-corrected chi connectivity index (χ2v) is 6.10. The maximum atomic E-state index is 12.4. The number of nitrogens with one attached hydrogen (secondary N) is 1. The van der Waals surface area contributed by atoms with E-state index in [2.05, 4.69) is 9.97 Å². The molecule has 1 aromatic carbocycles. The van der Waals surface area contributed by atoms with Gasteiger partial charge in [-0.25, -0.2) is 4.79 Å². The number of anilines is 2. The van der Waals surface area contributed by atoms with Gasteiger partial charge in [-0.3, -0.25) is 14.3 Å². The lowest BCUT2D eigenvalue weighted by Gasteiger charge is -2.30. The van der Waals surface area contributed by atoms with Crippen LogP contribution < -0.4 is 25.6 Å². The second-order valence-electron chi connectivity index (χ2n) is 6.10. The minimum Gasteiger partial charge on any atom is -0.497 e. The van der Waals surface area contributed by atoms with E-state index in [0.29, 0.717) is 41.7 Å². The lowest BCUT2D eigenvalue weighted by molar-refractivity contribution is 0.403. The molecule has 1 aliphatic rings. The molecule has 0 amide bonds. The van der Waals surface area contributed by atoms with Crippen molar-refractivity contribution < 1.29 is 9.47 Å². The molecule has 0 atom stereocenters. The van der Waals surface area contributed by atoms with Crippen molar-refractivity contribution in [2.45, 2.75) is 13.0 Å². The smallest absolute Gasteiger partial charge is 0.329 e. The summed E-state index contributed by atoms with van der Waals surface area (Å²) in [6.45, 7) is 1.36. The molecule has 136 valence electrons. The van der Waals surface area contributed by atoms with E-state index in [1.807, 2.05) is 27.7 Å². The Morgan fingerprint density at radius 3 is 2.69 bits per heavy atom. The first-order valence-corrected chi connectivity index (χ1v) is 8.24. The molecule has 1 N–H and O–H groups in total. The summed E-state index contributed by atoms with van der Waals surface area (Å²) in [4.78, 5) is 33.2. The molecule has 0 unspecified atom stereocenters. The summed E-state index contributed by atoms with van der Waals surface area (Å²) < 4.78 is 14.0. The fraction of sp³-hybridized carbons (Fsp3) is 0.353. The van der Waals surface area contributed by atoms with Gasteiger partial charge < -0.3 is 18.9 Å². The number of H-pyrrole nitrogens is 1. The molecule has 9 heteroatoms. The monoisotopic (exact) mass is 357 g/mol. The van der Waals surface area contributed by atoms with E-state index in [9.17, 15) is 9.59 Å². The van der Waals surface area contributed by atoms with Crippen LogP contribution in [0.25, 0.3) is 11.2 Å². The number of hydrogen-bond donors (Lipinski definition) is 1. The highest BCUT2D eigenvalue weighted by molar-refractivity contribution is 5.78. The number of ether oxygens (including phenoxy) is 2. The normalized spacial score (nSPS) is 13.7. The molecule has 0 saturated heterocycles. The van der Waals surface area contributed by atoms with Crippen molar-refractivity contribution in [2.75, 3.05) is 25.7 Å². The van der Waals surface area contributed by atoms with E-state index in [1.165, 1.54) is 4.57 Å². The van der Waals surface area contributed by atoms with Crippen LogP contribution in [0.15, 0.2) is 27.8 Å². The summed E-state index contributed by atoms with van der Waals surface area (Å²) in [5.74, 6) is 1.97. The maximum absolute atomic E-state index is 12.4. The van der Waals surface area contributed by atoms with Gasteiger partial charge in [0.05, 0.1) is 19.9 Å². The highest BCUT2D eigenvalue weighted by Gasteiger charge is 2.27. The largest absolute Gasteiger partial charge is 0.497 e. The van der Waals surface area contributed by atoms with Crippen LogP contribution in [0.4, 0.5) is 11.6 Å². The molecule has 0 fully saturated rings. The SMILES string of the molecule is COc1ccc(OC)c(N2CCCn3c2nc2c3c(=O)[nH]c(=O)n2C)c1. The van der Waals surface area contributed by atoms with Crippen LogP contribution in [0.5, 0.6) is 11.5 Å². The van der Waals surface area contributed by atoms with Gasteiger partial charge in [-0.1, -0.05) is 0 Å². The average Bonchev–Trinajstić information content (AvgIpc) is 3.06. The van der Waals surface area contributed by atoms with Gasteiger partial charge in [0, 0.05) is 26.2 Å². The van der Waals surface area contributed by atoms with Gasteiger partial charge in [0.15, 0.2) is 11.2 Å². The molecule has 0 spiro atoms. The van der Waals surface area contributed by atoms with Crippen LogP contribution in [0, 0.1) is 0 Å². The molecule has 3 heterocycles. The van der Waals surface area contributed by atoms with E-state index in [4.69, 9.17) is 9.47 Å². The van der Waals surface area contributed by atoms with Crippen LogP contribution in [-0.4, -0.2) is 39.9 Å². The lowest BCUT2D eigenvalue weighted by atomic mass is 10.2. The Balaban J connectivity index is 1.99. The van der Waals surface area contributed by atoms with Crippen LogP contribution in [0.2, 0.25) is 0 Å². The number of aromatic amines is 1. The molecule has 0 aliphatic carbocycles. The molecular formula is C17H19N5O4. The number of benzene rings is 1. The van der Waals surface area contributed by atoms with E-state index in [-0.39, 0.29) is 0 Å². The lowest BCUT2D eigenvalue weighted by Crippen LogP contribution is -2.31. The first kappa shape index (κ1) is 16.2. The zero-order valence-corrected chi connectivity index (χ0v) is 14.8. The van der Waals surface area contributed by atoms with Gasteiger partial charge in [0.2, 0.25) is 5.95 Å². The molecule has 0 bridgehead atoms. The number of hydrogen-bond acceptors (Lipinski definition) is 6. The average molecular weight is 357 g/mol. The van der Waals surface area contributed by atoms with E-state index >= 15 is 0 Å². The molecule has 9 nitrogen and oxygen atoms in total. The minimum atomic E-state index is -0.483. The van der Waals surface area contributed by atoms with Gasteiger partial charge in [-0.2, -0.15) is 4.98 Å². The van der Waals surface area contributed by atoms with Crippen LogP contribution in [0.3, 0.4) is 0 Å². The highest BCUT2D eigenvalue weighted by atomic mass is 16.5. The zero-order chi connectivity index (χ0) is 18.4. The van der Waals surface area contributed by atoms with E-state index < -0.39 is 11.2 Å². The molecule has 26 heavy (non-hydrogen) atoms. The Morgan fingerprint density at radius 2 is 1.96 bits per heavy atom. The topological polar surface area (TPSA) is 94.4 Å². The standard InChI is InChI=1S/C17H19N5O4/c1-20-14-13(15(23)19-17(20)24)22-8-4-7-21(16(22)18-14)11-9-10(25-2)5-6-12(11)26-3/h5-6,9H,4,7-8H2,1-3H3,(H,19,23,24). The molecule has 0 saturated carbocycles. The number of imidazole rings is 1. The maximum Gasteiger partial charge on any atom is 0.329 e. The fourth-order valence-corrected chi connectivity index (χ4v) is 3.36. The van der Waals surface area contributed by atoms with Gasteiger partial charge in [-0.05, 0) is 18.6 Å². The Labute approximate surface area is 148 Å². The second kappa shape index (κ2) is 5.94. The fourth-order valence-electron chi connectivity index (χ4n) is 3.36. The van der Waals surface area contributed by atoms with Crippen molar-refractivity contribution in [1.29, 1.82) is 0 Å². The summed E-state index contributed by atoms with van der Waals surface area (Å²) >= 11 is 0. The quantitative estimate of drug-likeness (QED) is 0.751. The first-order valence-electron chi connectivity index (χ1n) is 8.24. The minimum absolute atomic E-state index is 0.363. The van der Waals surface area contributed by atoms with E-state index in [0.717, 1.165) is 12.1 Å². The summed E-state index contributed by atoms with van der Waals surface area (Å²) in [5.41, 5.74) is 0.644. The molecule has 1 aliphatic heterocycles. The Kier molecular flexibility index (Phi) is 3.71. The summed E-state index contributed by atoms with van der Waals surface area (Å²) in [7, 11) is 4.80. The van der Waals surface area contributed by atoms with Crippen molar-refractivity contribution in [1.82, 2.24) is 19.1 Å². The van der Waals surface area contributed by atoms with Crippen LogP contribution in [0.1, 0.15) is 6.42 Å². The number of nitrogens with zero attached hydrogens (tertiary/aromatic N) is 4. The van der Waals surface area contributed by atoms with Crippen molar-refractivity contribution in [3.05, 3.63) is 39.0 Å². The number of methoxy groups -OCH3 is 2. The Bertz CT molecular complexity index is 1110.